The molecule has 1 heterocycles. The molecule has 0 atom stereocenters. The summed E-state index contributed by atoms with van der Waals surface area (Å²) in [6.07, 6.45) is 6.32. The normalized spacial score (nSPS) is 17.2. The van der Waals surface area contributed by atoms with Gasteiger partial charge in [0.15, 0.2) is 0 Å². The number of H-pyrrole nitrogens is 1. The lowest BCUT2D eigenvalue weighted by Crippen LogP contribution is -2.26. The topological polar surface area (TPSA) is 83.8 Å². The van der Waals surface area contributed by atoms with Crippen LogP contribution in [0.5, 0.6) is 0 Å². The molecular weight excluding hydrogens is 268 g/mol. The minimum atomic E-state index is -0.391. The van der Waals surface area contributed by atoms with Gasteiger partial charge in [-0.25, -0.2) is 4.98 Å². The standard InChI is InChI=1S/C15H20N4O2/c1-2-15(7-3-4-8-15)10-16-14-17-12-6-5-11(19(20)21)9-13(12)18-14/h5-6,9H,2-4,7-8,10H2,1H3,(H2,16,17,18). The predicted molar refractivity (Wildman–Crippen MR) is 82.4 cm³/mol. The van der Waals surface area contributed by atoms with Crippen LogP contribution in [0.25, 0.3) is 11.0 Å². The highest BCUT2D eigenvalue weighted by Gasteiger charge is 2.31. The molecule has 6 heteroatoms. The molecule has 0 aliphatic heterocycles. The van der Waals surface area contributed by atoms with Crippen molar-refractivity contribution in [2.45, 2.75) is 39.0 Å². The van der Waals surface area contributed by atoms with Gasteiger partial charge >= 0.3 is 0 Å². The Morgan fingerprint density at radius 2 is 2.19 bits per heavy atom. The molecule has 2 aromatic rings. The third-order valence-electron chi connectivity index (χ3n) is 4.72. The molecular formula is C15H20N4O2. The molecule has 1 aromatic heterocycles. The molecule has 112 valence electrons. The largest absolute Gasteiger partial charge is 0.355 e. The SMILES string of the molecule is CCC1(CNc2nc3ccc([N+](=O)[O-])cc3[nH]2)CCCC1. The summed E-state index contributed by atoms with van der Waals surface area (Å²) < 4.78 is 0. The van der Waals surface area contributed by atoms with Gasteiger partial charge in [0.05, 0.1) is 16.0 Å². The van der Waals surface area contributed by atoms with Crippen LogP contribution in [0.4, 0.5) is 11.6 Å². The van der Waals surface area contributed by atoms with E-state index in [4.69, 9.17) is 0 Å². The molecule has 3 rings (SSSR count). The van der Waals surface area contributed by atoms with Gasteiger partial charge in [-0.2, -0.15) is 0 Å². The lowest BCUT2D eigenvalue weighted by molar-refractivity contribution is -0.384. The van der Waals surface area contributed by atoms with Crippen LogP contribution >= 0.6 is 0 Å². The number of aromatic nitrogens is 2. The zero-order valence-electron chi connectivity index (χ0n) is 12.2. The minimum Gasteiger partial charge on any atom is -0.355 e. The molecule has 1 fully saturated rings. The summed E-state index contributed by atoms with van der Waals surface area (Å²) in [5, 5.41) is 14.2. The summed E-state index contributed by atoms with van der Waals surface area (Å²) in [7, 11) is 0. The molecule has 0 radical (unpaired) electrons. The van der Waals surface area contributed by atoms with Gasteiger partial charge in [0.25, 0.3) is 5.69 Å². The smallest absolute Gasteiger partial charge is 0.271 e. The lowest BCUT2D eigenvalue weighted by atomic mass is 9.83. The molecule has 1 aromatic carbocycles. The number of benzene rings is 1. The van der Waals surface area contributed by atoms with E-state index in [1.165, 1.54) is 44.2 Å². The Labute approximate surface area is 123 Å². The first-order valence-corrected chi connectivity index (χ1v) is 7.50. The molecule has 0 saturated heterocycles. The van der Waals surface area contributed by atoms with Crippen molar-refractivity contribution >= 4 is 22.7 Å². The van der Waals surface area contributed by atoms with Crippen LogP contribution in [0, 0.1) is 15.5 Å². The fraction of sp³-hybridized carbons (Fsp3) is 0.533. The van der Waals surface area contributed by atoms with Crippen LogP contribution in [0.1, 0.15) is 39.0 Å². The van der Waals surface area contributed by atoms with Gasteiger partial charge in [0.2, 0.25) is 5.95 Å². The molecule has 6 nitrogen and oxygen atoms in total. The van der Waals surface area contributed by atoms with Gasteiger partial charge in [-0.05, 0) is 30.7 Å². The Bertz CT molecular complexity index is 659. The summed E-state index contributed by atoms with van der Waals surface area (Å²) in [4.78, 5) is 18.0. The number of fused-ring (bicyclic) bond motifs is 1. The Balaban J connectivity index is 1.77. The molecule has 0 amide bonds. The van der Waals surface area contributed by atoms with Gasteiger partial charge in [0.1, 0.15) is 0 Å². The number of anilines is 1. The van der Waals surface area contributed by atoms with Crippen LogP contribution in [0.2, 0.25) is 0 Å². The van der Waals surface area contributed by atoms with E-state index in [0.29, 0.717) is 16.9 Å². The highest BCUT2D eigenvalue weighted by molar-refractivity contribution is 5.79. The zero-order chi connectivity index (χ0) is 14.9. The number of imidazole rings is 1. The Morgan fingerprint density at radius 1 is 1.43 bits per heavy atom. The van der Waals surface area contributed by atoms with E-state index in [-0.39, 0.29) is 5.69 Å². The number of aromatic amines is 1. The summed E-state index contributed by atoms with van der Waals surface area (Å²) >= 11 is 0. The van der Waals surface area contributed by atoms with Gasteiger partial charge in [-0.15, -0.1) is 0 Å². The van der Waals surface area contributed by atoms with Crippen LogP contribution in [0.3, 0.4) is 0 Å². The Morgan fingerprint density at radius 3 is 2.86 bits per heavy atom. The molecule has 2 N–H and O–H groups in total. The quantitative estimate of drug-likeness (QED) is 0.646. The molecule has 1 saturated carbocycles. The number of hydrogen-bond acceptors (Lipinski definition) is 4. The molecule has 21 heavy (non-hydrogen) atoms. The maximum Gasteiger partial charge on any atom is 0.271 e. The maximum atomic E-state index is 10.8. The van der Waals surface area contributed by atoms with Crippen molar-refractivity contribution in [3.05, 3.63) is 28.3 Å². The molecule has 1 aliphatic rings. The molecule has 0 unspecified atom stereocenters. The lowest BCUT2D eigenvalue weighted by Gasteiger charge is -2.27. The number of non-ortho nitro benzene ring substituents is 1. The number of nitro groups is 1. The van der Waals surface area contributed by atoms with Gasteiger partial charge < -0.3 is 10.3 Å². The number of rotatable bonds is 5. The van der Waals surface area contributed by atoms with Gasteiger partial charge in [0, 0.05) is 18.7 Å². The van der Waals surface area contributed by atoms with Crippen molar-refractivity contribution in [1.29, 1.82) is 0 Å². The average Bonchev–Trinajstić information content (AvgIpc) is 3.11. The van der Waals surface area contributed by atoms with Crippen molar-refractivity contribution in [3.63, 3.8) is 0 Å². The van der Waals surface area contributed by atoms with Crippen LogP contribution in [0.15, 0.2) is 18.2 Å². The van der Waals surface area contributed by atoms with Gasteiger partial charge in [-0.3, -0.25) is 10.1 Å². The number of hydrogen-bond donors (Lipinski definition) is 2. The van der Waals surface area contributed by atoms with Crippen LogP contribution < -0.4 is 5.32 Å². The van der Waals surface area contributed by atoms with Gasteiger partial charge in [-0.1, -0.05) is 19.8 Å². The maximum absolute atomic E-state index is 10.8. The molecule has 0 spiro atoms. The van der Waals surface area contributed by atoms with E-state index in [1.807, 2.05) is 0 Å². The van der Waals surface area contributed by atoms with E-state index in [2.05, 4.69) is 22.2 Å². The van der Waals surface area contributed by atoms with Crippen molar-refractivity contribution < 1.29 is 4.92 Å². The van der Waals surface area contributed by atoms with E-state index >= 15 is 0 Å². The second-order valence-electron chi connectivity index (χ2n) is 5.96. The highest BCUT2D eigenvalue weighted by atomic mass is 16.6. The first-order valence-electron chi connectivity index (χ1n) is 7.50. The van der Waals surface area contributed by atoms with Crippen molar-refractivity contribution in [3.8, 4) is 0 Å². The van der Waals surface area contributed by atoms with E-state index in [9.17, 15) is 10.1 Å². The number of nitrogens with zero attached hydrogens (tertiary/aromatic N) is 2. The number of nitro benzene ring substituents is 1. The Kier molecular flexibility index (Phi) is 3.53. The third kappa shape index (κ3) is 2.70. The minimum absolute atomic E-state index is 0.0820. The van der Waals surface area contributed by atoms with Crippen LogP contribution in [-0.2, 0) is 0 Å². The van der Waals surface area contributed by atoms with Crippen LogP contribution in [-0.4, -0.2) is 21.4 Å². The van der Waals surface area contributed by atoms with E-state index < -0.39 is 4.92 Å². The zero-order valence-corrected chi connectivity index (χ0v) is 12.2. The second-order valence-corrected chi connectivity index (χ2v) is 5.96. The van der Waals surface area contributed by atoms with E-state index in [0.717, 1.165) is 12.1 Å². The average molecular weight is 288 g/mol. The molecule has 1 aliphatic carbocycles. The second kappa shape index (κ2) is 5.35. The first kappa shape index (κ1) is 13.9. The number of nitrogens with one attached hydrogen (secondary N) is 2. The first-order chi connectivity index (χ1) is 10.1. The fourth-order valence-electron chi connectivity index (χ4n) is 3.25. The Hall–Kier alpha value is -2.11. The summed E-state index contributed by atoms with van der Waals surface area (Å²) in [5.41, 5.74) is 1.91. The van der Waals surface area contributed by atoms with E-state index in [1.54, 1.807) is 6.07 Å². The van der Waals surface area contributed by atoms with Crippen molar-refractivity contribution in [1.82, 2.24) is 9.97 Å². The highest BCUT2D eigenvalue weighted by Crippen LogP contribution is 2.40. The fourth-order valence-corrected chi connectivity index (χ4v) is 3.25. The monoisotopic (exact) mass is 288 g/mol. The van der Waals surface area contributed by atoms with Crippen molar-refractivity contribution in [2.75, 3.05) is 11.9 Å². The summed E-state index contributed by atoms with van der Waals surface area (Å²) in [5.74, 6) is 0.699. The summed E-state index contributed by atoms with van der Waals surface area (Å²) in [6, 6.07) is 4.69. The molecule has 0 bridgehead atoms. The third-order valence-corrected chi connectivity index (χ3v) is 4.72. The predicted octanol–water partition coefficient (Wildman–Crippen LogP) is 3.85. The summed E-state index contributed by atoms with van der Waals surface area (Å²) in [6.45, 7) is 3.15. The van der Waals surface area contributed by atoms with Crippen molar-refractivity contribution in [2.24, 2.45) is 5.41 Å².